The first-order chi connectivity index (χ1) is 14.9. The van der Waals surface area contributed by atoms with Crippen molar-refractivity contribution in [2.24, 2.45) is 11.8 Å². The molecule has 0 radical (unpaired) electrons. The highest BCUT2D eigenvalue weighted by molar-refractivity contribution is 5.94. The van der Waals surface area contributed by atoms with E-state index in [1.807, 2.05) is 31.3 Å². The van der Waals surface area contributed by atoms with Crippen LogP contribution in [-0.4, -0.2) is 66.0 Å². The fourth-order valence-corrected chi connectivity index (χ4v) is 5.59. The molecule has 2 heterocycles. The Hall–Kier alpha value is -2.11. The first-order valence-corrected chi connectivity index (χ1v) is 11.9. The number of benzene rings is 1. The molecule has 31 heavy (non-hydrogen) atoms. The molecule has 2 aliphatic carbocycles. The highest BCUT2D eigenvalue weighted by atomic mass is 19.1. The van der Waals surface area contributed by atoms with Gasteiger partial charge in [0.2, 0.25) is 0 Å². The smallest absolute Gasteiger partial charge is 0.320 e. The molecule has 1 aromatic carbocycles. The second kappa shape index (κ2) is 9.58. The molecule has 0 unspecified atom stereocenters. The second-order valence-corrected chi connectivity index (χ2v) is 9.95. The van der Waals surface area contributed by atoms with Gasteiger partial charge in [-0.05, 0) is 80.9 Å². The summed E-state index contributed by atoms with van der Waals surface area (Å²) in [7, 11) is 3.61. The van der Waals surface area contributed by atoms with E-state index < -0.39 is 6.17 Å². The monoisotopic (exact) mass is 429 g/mol. The molecule has 6 heteroatoms. The Morgan fingerprint density at radius 2 is 1.45 bits per heavy atom. The third-order valence-electron chi connectivity index (χ3n) is 7.63. The Kier molecular flexibility index (Phi) is 6.83. The van der Waals surface area contributed by atoms with Gasteiger partial charge in [0.05, 0.1) is 0 Å². The summed E-state index contributed by atoms with van der Waals surface area (Å²) in [5.41, 5.74) is 1.74. The van der Waals surface area contributed by atoms with E-state index in [2.05, 4.69) is 4.90 Å². The summed E-state index contributed by atoms with van der Waals surface area (Å²) >= 11 is 0. The quantitative estimate of drug-likeness (QED) is 0.696. The fraction of sp³-hybridized carbons (Fsp3) is 0.680. The van der Waals surface area contributed by atoms with Crippen molar-refractivity contribution >= 4 is 11.9 Å². The molecule has 5 nitrogen and oxygen atoms in total. The Morgan fingerprint density at radius 3 is 2.00 bits per heavy atom. The van der Waals surface area contributed by atoms with Gasteiger partial charge in [0.15, 0.2) is 0 Å². The van der Waals surface area contributed by atoms with Gasteiger partial charge >= 0.3 is 6.03 Å². The zero-order chi connectivity index (χ0) is 22.0. The summed E-state index contributed by atoms with van der Waals surface area (Å²) < 4.78 is 13.4. The molecule has 2 saturated carbocycles. The number of alkyl halides is 1. The van der Waals surface area contributed by atoms with Crippen molar-refractivity contribution in [3.8, 4) is 0 Å². The first kappa shape index (κ1) is 22.1. The summed E-state index contributed by atoms with van der Waals surface area (Å²) in [5, 5.41) is 0. The van der Waals surface area contributed by atoms with Gasteiger partial charge in [-0.1, -0.05) is 12.1 Å². The predicted octanol–water partition coefficient (Wildman–Crippen LogP) is 4.71. The number of hydrogen-bond acceptors (Lipinski definition) is 2. The summed E-state index contributed by atoms with van der Waals surface area (Å²) in [6.07, 6.45) is 6.87. The standard InChI is InChI=1S/C25H36FN3O2/c1-27(25(31)28(2)23-13-11-22(26)12-14-23)15-18-7-9-21(10-8-18)24(30)29-16-19-3-4-20(17-29)6-5-19/h7-10,19-20,22-23H,3-6,11-17H2,1-2H3. The number of rotatable bonds is 4. The zero-order valence-corrected chi connectivity index (χ0v) is 18.9. The van der Waals surface area contributed by atoms with Gasteiger partial charge in [-0.2, -0.15) is 0 Å². The van der Waals surface area contributed by atoms with Crippen molar-refractivity contribution < 1.29 is 14.0 Å². The van der Waals surface area contributed by atoms with Crippen molar-refractivity contribution in [3.63, 3.8) is 0 Å². The summed E-state index contributed by atoms with van der Waals surface area (Å²) in [6, 6.07) is 7.79. The van der Waals surface area contributed by atoms with Gasteiger partial charge in [0.25, 0.3) is 5.91 Å². The van der Waals surface area contributed by atoms with Crippen molar-refractivity contribution in [2.45, 2.75) is 70.1 Å². The predicted molar refractivity (Wildman–Crippen MR) is 120 cm³/mol. The average molecular weight is 430 g/mol. The number of carbonyl (C=O) groups is 2. The van der Waals surface area contributed by atoms with Crippen LogP contribution in [0.1, 0.15) is 67.3 Å². The maximum Gasteiger partial charge on any atom is 0.320 e. The molecule has 2 saturated heterocycles. The van der Waals surface area contributed by atoms with Gasteiger partial charge in [-0.25, -0.2) is 9.18 Å². The van der Waals surface area contributed by atoms with E-state index in [-0.39, 0.29) is 18.0 Å². The summed E-state index contributed by atoms with van der Waals surface area (Å²) in [6.45, 7) is 2.28. The van der Waals surface area contributed by atoms with Gasteiger partial charge in [-0.15, -0.1) is 0 Å². The van der Waals surface area contributed by atoms with Crippen LogP contribution in [0.25, 0.3) is 0 Å². The normalized spacial score (nSPS) is 28.2. The molecular formula is C25H36FN3O2. The van der Waals surface area contributed by atoms with Crippen LogP contribution in [0.15, 0.2) is 24.3 Å². The highest BCUT2D eigenvalue weighted by Gasteiger charge is 2.32. The van der Waals surface area contributed by atoms with Gasteiger partial charge < -0.3 is 14.7 Å². The minimum absolute atomic E-state index is 0.0393. The molecule has 5 rings (SSSR count). The molecule has 0 aromatic heterocycles. The summed E-state index contributed by atoms with van der Waals surface area (Å²) in [5.74, 6) is 1.47. The third kappa shape index (κ3) is 5.21. The number of carbonyl (C=O) groups excluding carboxylic acids is 2. The minimum atomic E-state index is -0.719. The van der Waals surface area contributed by atoms with Gasteiger partial charge in [-0.3, -0.25) is 4.79 Å². The van der Waals surface area contributed by atoms with Crippen LogP contribution in [0.3, 0.4) is 0 Å². The second-order valence-electron chi connectivity index (χ2n) is 9.95. The zero-order valence-electron chi connectivity index (χ0n) is 18.9. The van der Waals surface area contributed by atoms with Crippen molar-refractivity contribution in [3.05, 3.63) is 35.4 Å². The Morgan fingerprint density at radius 1 is 0.903 bits per heavy atom. The number of fused-ring (bicyclic) bond motifs is 4. The van der Waals surface area contributed by atoms with Crippen molar-refractivity contribution in [1.82, 2.24) is 14.7 Å². The topological polar surface area (TPSA) is 43.9 Å². The summed E-state index contributed by atoms with van der Waals surface area (Å²) in [4.78, 5) is 31.4. The third-order valence-corrected chi connectivity index (χ3v) is 7.63. The molecule has 0 spiro atoms. The largest absolute Gasteiger partial charge is 0.338 e. The number of hydrogen-bond donors (Lipinski definition) is 0. The minimum Gasteiger partial charge on any atom is -0.338 e. The molecule has 3 amide bonds. The number of nitrogens with zero attached hydrogens (tertiary/aromatic N) is 3. The van der Waals surface area contributed by atoms with E-state index in [1.165, 1.54) is 25.7 Å². The molecular weight excluding hydrogens is 393 g/mol. The molecule has 170 valence electrons. The van der Waals surface area contributed by atoms with Crippen LogP contribution in [0.5, 0.6) is 0 Å². The van der Waals surface area contributed by atoms with Crippen LogP contribution in [0.4, 0.5) is 9.18 Å². The number of urea groups is 1. The molecule has 4 fully saturated rings. The Bertz CT molecular complexity index is 753. The lowest BCUT2D eigenvalue weighted by atomic mass is 9.84. The van der Waals surface area contributed by atoms with Gasteiger partial charge in [0, 0.05) is 45.3 Å². The molecule has 0 N–H and O–H groups in total. The molecule has 2 aliphatic heterocycles. The van der Waals surface area contributed by atoms with E-state index in [4.69, 9.17) is 0 Å². The maximum absolute atomic E-state index is 13.4. The van der Waals surface area contributed by atoms with Crippen molar-refractivity contribution in [1.29, 1.82) is 0 Å². The lowest BCUT2D eigenvalue weighted by Gasteiger charge is -2.35. The van der Waals surface area contributed by atoms with Crippen LogP contribution in [0, 0.1) is 11.8 Å². The van der Waals surface area contributed by atoms with E-state index in [0.717, 1.165) is 37.1 Å². The van der Waals surface area contributed by atoms with Crippen molar-refractivity contribution in [2.75, 3.05) is 27.2 Å². The van der Waals surface area contributed by atoms with Crippen LogP contribution in [-0.2, 0) is 6.54 Å². The van der Waals surface area contributed by atoms with E-state index in [1.54, 1.807) is 16.8 Å². The fourth-order valence-electron chi connectivity index (χ4n) is 5.59. The van der Waals surface area contributed by atoms with E-state index >= 15 is 0 Å². The highest BCUT2D eigenvalue weighted by Crippen LogP contribution is 2.34. The van der Waals surface area contributed by atoms with Crippen LogP contribution in [0.2, 0.25) is 0 Å². The average Bonchev–Trinajstić information content (AvgIpc) is 3.13. The Balaban J connectivity index is 1.32. The molecule has 4 aliphatic rings. The van der Waals surface area contributed by atoms with E-state index in [9.17, 15) is 14.0 Å². The number of halogens is 1. The SMILES string of the molecule is CN(Cc1ccc(C(=O)N2CC3CCC(CC3)C2)cc1)C(=O)N(C)C1CCC(F)CC1. The lowest BCUT2D eigenvalue weighted by molar-refractivity contribution is 0.0739. The lowest BCUT2D eigenvalue weighted by Crippen LogP contribution is -2.45. The van der Waals surface area contributed by atoms with Gasteiger partial charge in [0.1, 0.15) is 6.17 Å². The Labute approximate surface area is 185 Å². The molecule has 0 atom stereocenters. The first-order valence-electron chi connectivity index (χ1n) is 11.9. The van der Waals surface area contributed by atoms with Crippen LogP contribution >= 0.6 is 0 Å². The van der Waals surface area contributed by atoms with E-state index in [0.29, 0.717) is 31.2 Å². The molecule has 2 bridgehead atoms. The number of amides is 3. The maximum atomic E-state index is 13.4. The molecule has 1 aromatic rings. The van der Waals surface area contributed by atoms with Crippen LogP contribution < -0.4 is 0 Å².